The summed E-state index contributed by atoms with van der Waals surface area (Å²) < 4.78 is 15.5. The van der Waals surface area contributed by atoms with Crippen LogP contribution in [-0.2, 0) is 19.1 Å². The smallest absolute Gasteiger partial charge is 0.377 e. The number of carbonyl (C=O) groups excluding carboxylic acids is 1. The van der Waals surface area contributed by atoms with Crippen molar-refractivity contribution in [3.05, 3.63) is 102 Å². The molecule has 0 aliphatic carbocycles. The maximum atomic E-state index is 12.0. The second kappa shape index (κ2) is 12.0. The lowest BCUT2D eigenvalue weighted by atomic mass is 10.1. The molecule has 0 aliphatic heterocycles. The van der Waals surface area contributed by atoms with Crippen LogP contribution in [0.1, 0.15) is 18.1 Å². The average Bonchev–Trinajstić information content (AvgIpc) is 2.89. The van der Waals surface area contributed by atoms with E-state index in [2.05, 4.69) is 60.2 Å². The highest BCUT2D eigenvalue weighted by atomic mass is 28.3. The summed E-state index contributed by atoms with van der Waals surface area (Å²) in [6, 6.07) is 26.6. The fourth-order valence-electron chi connectivity index (χ4n) is 3.63. The second-order valence-corrected chi connectivity index (χ2v) is 12.4. The van der Waals surface area contributed by atoms with Crippen LogP contribution in [0.5, 0.6) is 5.75 Å². The van der Waals surface area contributed by atoms with Gasteiger partial charge in [0.2, 0.25) is 5.76 Å². The van der Waals surface area contributed by atoms with Crippen LogP contribution in [0.25, 0.3) is 0 Å². The maximum absolute atomic E-state index is 12.0. The largest absolute Gasteiger partial charge is 0.500 e. The molecule has 0 spiro atoms. The summed E-state index contributed by atoms with van der Waals surface area (Å²) in [7, 11) is 0.559. The molecule has 6 nitrogen and oxygen atoms in total. The second-order valence-electron chi connectivity index (χ2n) is 8.31. The molecular weight excluding hydrogens is 458 g/mol. The normalized spacial score (nSPS) is 12.1. The minimum atomic E-state index is -2.16. The summed E-state index contributed by atoms with van der Waals surface area (Å²) in [6.07, 6.45) is 1.71. The van der Waals surface area contributed by atoms with Gasteiger partial charge in [-0.25, -0.2) is 4.79 Å². The lowest BCUT2D eigenvalue weighted by Gasteiger charge is -2.27. The molecule has 0 saturated carbocycles. The number of carbonyl (C=O) groups is 1. The monoisotopic (exact) mass is 489 g/mol. The van der Waals surface area contributed by atoms with Gasteiger partial charge in [-0.05, 0) is 25.5 Å². The third kappa shape index (κ3) is 6.39. The van der Waals surface area contributed by atoms with Crippen molar-refractivity contribution in [2.45, 2.75) is 20.4 Å². The summed E-state index contributed by atoms with van der Waals surface area (Å²) in [5.41, 5.74) is 2.36. The van der Waals surface area contributed by atoms with Gasteiger partial charge in [0.1, 0.15) is 18.2 Å². The average molecular weight is 490 g/mol. The molecule has 0 aromatic heterocycles. The van der Waals surface area contributed by atoms with Crippen LogP contribution in [0.15, 0.2) is 96.0 Å². The fraction of sp³-hybridized carbons (Fsp3) is 0.214. The number of oxime groups is 1. The number of benzene rings is 3. The fourth-order valence-corrected chi connectivity index (χ4v) is 6.48. The van der Waals surface area contributed by atoms with Crippen molar-refractivity contribution < 1.29 is 23.8 Å². The van der Waals surface area contributed by atoms with Gasteiger partial charge >= 0.3 is 5.97 Å². The molecule has 0 unspecified atom stereocenters. The molecule has 0 atom stereocenters. The number of hydrogen-bond donors (Lipinski definition) is 0. The molecule has 3 aromatic rings. The topological polar surface area (TPSA) is 66.3 Å². The van der Waals surface area contributed by atoms with Gasteiger partial charge in [-0.15, -0.1) is 0 Å². The standard InChI is InChI=1S/C28H31NO5Si/c1-21-16-17-23(18-26(21)34-27(19-31-3)28(30)32-4)22(2)29-33-20-35(5,24-12-8-6-9-13-24)25-14-10-7-11-15-25/h6-19H,20H2,1-5H3. The van der Waals surface area contributed by atoms with Gasteiger partial charge in [-0.1, -0.05) is 94.9 Å². The zero-order valence-electron chi connectivity index (χ0n) is 20.8. The van der Waals surface area contributed by atoms with Gasteiger partial charge in [-0.2, -0.15) is 0 Å². The Morgan fingerprint density at radius 3 is 2.09 bits per heavy atom. The van der Waals surface area contributed by atoms with Crippen molar-refractivity contribution in [1.82, 2.24) is 0 Å². The molecule has 7 heteroatoms. The molecule has 182 valence electrons. The van der Waals surface area contributed by atoms with Gasteiger partial charge in [0.25, 0.3) is 0 Å². The predicted octanol–water partition coefficient (Wildman–Crippen LogP) is 4.21. The van der Waals surface area contributed by atoms with E-state index in [-0.39, 0.29) is 5.76 Å². The van der Waals surface area contributed by atoms with E-state index in [0.29, 0.717) is 17.7 Å². The van der Waals surface area contributed by atoms with Crippen LogP contribution < -0.4 is 15.1 Å². The predicted molar refractivity (Wildman–Crippen MR) is 141 cm³/mol. The Kier molecular flexibility index (Phi) is 8.86. The van der Waals surface area contributed by atoms with Crippen LogP contribution in [0.4, 0.5) is 0 Å². The minimum absolute atomic E-state index is 0.0476. The summed E-state index contributed by atoms with van der Waals surface area (Å²) in [5, 5.41) is 7.00. The van der Waals surface area contributed by atoms with E-state index in [4.69, 9.17) is 19.0 Å². The summed E-state index contributed by atoms with van der Waals surface area (Å²) in [6.45, 7) is 6.06. The van der Waals surface area contributed by atoms with Crippen LogP contribution in [0.2, 0.25) is 6.55 Å². The first-order valence-corrected chi connectivity index (χ1v) is 14.0. The van der Waals surface area contributed by atoms with Gasteiger partial charge in [0.05, 0.1) is 19.9 Å². The van der Waals surface area contributed by atoms with E-state index < -0.39 is 14.0 Å². The zero-order valence-corrected chi connectivity index (χ0v) is 21.8. The Morgan fingerprint density at radius 1 is 0.943 bits per heavy atom. The first kappa shape index (κ1) is 25.8. The molecule has 0 bridgehead atoms. The molecule has 0 aliphatic rings. The molecule has 0 heterocycles. The van der Waals surface area contributed by atoms with Gasteiger partial charge in [-0.3, -0.25) is 0 Å². The molecule has 0 amide bonds. The Bertz CT molecular complexity index is 1150. The Hall–Kier alpha value is -3.84. The van der Waals surface area contributed by atoms with Gasteiger partial charge in [0.15, 0.2) is 8.07 Å². The van der Waals surface area contributed by atoms with E-state index in [1.54, 1.807) is 0 Å². The van der Waals surface area contributed by atoms with Crippen molar-refractivity contribution >= 4 is 30.1 Å². The van der Waals surface area contributed by atoms with E-state index in [9.17, 15) is 4.79 Å². The third-order valence-electron chi connectivity index (χ3n) is 5.81. The number of hydrogen-bond acceptors (Lipinski definition) is 6. The van der Waals surface area contributed by atoms with Crippen molar-refractivity contribution in [3.8, 4) is 5.75 Å². The maximum Gasteiger partial charge on any atom is 0.377 e. The van der Waals surface area contributed by atoms with Crippen molar-refractivity contribution in [2.24, 2.45) is 5.16 Å². The lowest BCUT2D eigenvalue weighted by Crippen LogP contribution is -2.59. The number of ether oxygens (including phenoxy) is 3. The molecule has 0 radical (unpaired) electrons. The number of aryl methyl sites for hydroxylation is 1. The summed E-state index contributed by atoms with van der Waals surface area (Å²) in [5.74, 6) is -0.177. The van der Waals surface area contributed by atoms with Gasteiger partial charge < -0.3 is 19.0 Å². The number of rotatable bonds is 10. The number of nitrogens with zero attached hydrogens (tertiary/aromatic N) is 1. The Morgan fingerprint density at radius 2 is 1.54 bits per heavy atom. The summed E-state index contributed by atoms with van der Waals surface area (Å²) >= 11 is 0. The third-order valence-corrected chi connectivity index (χ3v) is 9.74. The van der Waals surface area contributed by atoms with Crippen molar-refractivity contribution in [2.75, 3.05) is 20.4 Å². The molecule has 3 rings (SSSR count). The number of esters is 1. The Balaban J connectivity index is 1.82. The van der Waals surface area contributed by atoms with E-state index in [1.165, 1.54) is 30.9 Å². The Labute approximate surface area is 207 Å². The van der Waals surface area contributed by atoms with Crippen molar-refractivity contribution in [3.63, 3.8) is 0 Å². The highest BCUT2D eigenvalue weighted by Gasteiger charge is 2.33. The molecule has 0 fully saturated rings. The first-order valence-electron chi connectivity index (χ1n) is 11.3. The van der Waals surface area contributed by atoms with Gasteiger partial charge in [0, 0.05) is 5.56 Å². The molecule has 35 heavy (non-hydrogen) atoms. The van der Waals surface area contributed by atoms with Crippen LogP contribution >= 0.6 is 0 Å². The van der Waals surface area contributed by atoms with Crippen LogP contribution in [0, 0.1) is 6.92 Å². The SMILES string of the molecule is COC=C(Oc1cc(C(C)=NOC[Si](C)(c2ccccc2)c2ccccc2)ccc1C)C(=O)OC. The van der Waals surface area contributed by atoms with Crippen LogP contribution in [0.3, 0.4) is 0 Å². The molecule has 0 saturated heterocycles. The first-order chi connectivity index (χ1) is 16.9. The van der Waals surface area contributed by atoms with E-state index in [0.717, 1.165) is 11.1 Å². The van der Waals surface area contributed by atoms with Crippen molar-refractivity contribution in [1.29, 1.82) is 0 Å². The minimum Gasteiger partial charge on any atom is -0.500 e. The van der Waals surface area contributed by atoms with E-state index in [1.807, 2.05) is 44.2 Å². The molecular formula is C28H31NO5Si. The molecule has 0 N–H and O–H groups in total. The molecule has 3 aromatic carbocycles. The van der Waals surface area contributed by atoms with Crippen LogP contribution in [-0.4, -0.2) is 40.2 Å². The lowest BCUT2D eigenvalue weighted by molar-refractivity contribution is -0.138. The highest BCUT2D eigenvalue weighted by Crippen LogP contribution is 2.23. The number of methoxy groups -OCH3 is 2. The summed E-state index contributed by atoms with van der Waals surface area (Å²) in [4.78, 5) is 17.9. The quantitative estimate of drug-likeness (QED) is 0.107. The van der Waals surface area contributed by atoms with E-state index >= 15 is 0 Å². The highest BCUT2D eigenvalue weighted by molar-refractivity contribution is 7.01. The zero-order chi connectivity index (χ0) is 25.3.